The number of benzene rings is 1. The molecule has 106 valence electrons. The van der Waals surface area contributed by atoms with Gasteiger partial charge in [-0.15, -0.1) is 0 Å². The van der Waals surface area contributed by atoms with Gasteiger partial charge >= 0.3 is 0 Å². The van der Waals surface area contributed by atoms with E-state index in [9.17, 15) is 0 Å². The fourth-order valence-corrected chi connectivity index (χ4v) is 3.20. The SMILES string of the molecule is COC1CCCC(OC(CN)c2ccccc2Br)C1. The lowest BCUT2D eigenvalue weighted by atomic mass is 9.94. The minimum absolute atomic E-state index is 0.0452. The number of methoxy groups -OCH3 is 1. The maximum atomic E-state index is 6.20. The van der Waals surface area contributed by atoms with Gasteiger partial charge in [-0.1, -0.05) is 34.1 Å². The van der Waals surface area contributed by atoms with Crippen molar-refractivity contribution in [2.24, 2.45) is 5.73 Å². The summed E-state index contributed by atoms with van der Waals surface area (Å²) in [6.07, 6.45) is 4.90. The molecule has 0 bridgehead atoms. The third-order valence-corrected chi connectivity index (χ3v) is 4.46. The average Bonchev–Trinajstić information content (AvgIpc) is 2.46. The quantitative estimate of drug-likeness (QED) is 0.901. The second kappa shape index (κ2) is 7.39. The minimum atomic E-state index is -0.0452. The lowest BCUT2D eigenvalue weighted by Crippen LogP contribution is -2.30. The lowest BCUT2D eigenvalue weighted by Gasteiger charge is -2.31. The Morgan fingerprint density at radius 1 is 1.32 bits per heavy atom. The van der Waals surface area contributed by atoms with E-state index in [0.717, 1.165) is 35.7 Å². The van der Waals surface area contributed by atoms with Crippen molar-refractivity contribution in [1.29, 1.82) is 0 Å². The third kappa shape index (κ3) is 4.02. The second-order valence-corrected chi connectivity index (χ2v) is 5.88. The summed E-state index contributed by atoms with van der Waals surface area (Å²) in [5, 5.41) is 0. The maximum Gasteiger partial charge on any atom is 0.0961 e. The summed E-state index contributed by atoms with van der Waals surface area (Å²) in [4.78, 5) is 0. The van der Waals surface area contributed by atoms with Crippen molar-refractivity contribution in [2.45, 2.75) is 44.0 Å². The minimum Gasteiger partial charge on any atom is -0.381 e. The summed E-state index contributed by atoms with van der Waals surface area (Å²) < 4.78 is 12.7. The molecule has 1 aliphatic carbocycles. The topological polar surface area (TPSA) is 44.5 Å². The van der Waals surface area contributed by atoms with Gasteiger partial charge in [0.1, 0.15) is 0 Å². The summed E-state index contributed by atoms with van der Waals surface area (Å²) in [6.45, 7) is 0.497. The summed E-state index contributed by atoms with van der Waals surface area (Å²) in [5.74, 6) is 0. The molecule has 0 aliphatic heterocycles. The molecule has 4 heteroatoms. The van der Waals surface area contributed by atoms with Crippen LogP contribution in [0.2, 0.25) is 0 Å². The molecule has 3 nitrogen and oxygen atoms in total. The molecule has 1 aliphatic rings. The highest BCUT2D eigenvalue weighted by Gasteiger charge is 2.25. The molecule has 1 aromatic rings. The van der Waals surface area contributed by atoms with Crippen molar-refractivity contribution in [3.63, 3.8) is 0 Å². The molecule has 0 spiro atoms. The van der Waals surface area contributed by atoms with Crippen LogP contribution in [0, 0.1) is 0 Å². The van der Waals surface area contributed by atoms with Crippen molar-refractivity contribution >= 4 is 15.9 Å². The standard InChI is InChI=1S/C15H22BrNO2/c1-18-11-5-4-6-12(9-11)19-15(10-17)13-7-2-3-8-14(13)16/h2-3,7-8,11-12,15H,4-6,9-10,17H2,1H3. The molecule has 1 fully saturated rings. The first kappa shape index (κ1) is 15.0. The van der Waals surface area contributed by atoms with Crippen molar-refractivity contribution in [2.75, 3.05) is 13.7 Å². The van der Waals surface area contributed by atoms with E-state index in [1.807, 2.05) is 18.2 Å². The van der Waals surface area contributed by atoms with Gasteiger partial charge in [-0.05, 0) is 37.3 Å². The van der Waals surface area contributed by atoms with Gasteiger partial charge in [0.2, 0.25) is 0 Å². The summed E-state index contributed by atoms with van der Waals surface area (Å²) in [6, 6.07) is 8.12. The zero-order valence-electron chi connectivity index (χ0n) is 11.3. The molecule has 2 N–H and O–H groups in total. The normalized spacial score (nSPS) is 25.2. The smallest absolute Gasteiger partial charge is 0.0961 e. The predicted octanol–water partition coefficient (Wildman–Crippen LogP) is 3.42. The molecule has 0 aromatic heterocycles. The number of hydrogen-bond acceptors (Lipinski definition) is 3. The van der Waals surface area contributed by atoms with Gasteiger partial charge in [-0.3, -0.25) is 0 Å². The first-order valence-electron chi connectivity index (χ1n) is 6.87. The van der Waals surface area contributed by atoms with Gasteiger partial charge < -0.3 is 15.2 Å². The zero-order chi connectivity index (χ0) is 13.7. The number of hydrogen-bond donors (Lipinski definition) is 1. The molecule has 1 saturated carbocycles. The van der Waals surface area contributed by atoms with E-state index in [4.69, 9.17) is 15.2 Å². The molecule has 0 amide bonds. The van der Waals surface area contributed by atoms with E-state index < -0.39 is 0 Å². The van der Waals surface area contributed by atoms with Crippen molar-refractivity contribution in [1.82, 2.24) is 0 Å². The van der Waals surface area contributed by atoms with Crippen LogP contribution in [0.3, 0.4) is 0 Å². The van der Waals surface area contributed by atoms with Crippen LogP contribution in [0.25, 0.3) is 0 Å². The van der Waals surface area contributed by atoms with Gasteiger partial charge in [-0.25, -0.2) is 0 Å². The molecule has 2 rings (SSSR count). The van der Waals surface area contributed by atoms with Crippen LogP contribution in [0.5, 0.6) is 0 Å². The highest BCUT2D eigenvalue weighted by atomic mass is 79.9. The monoisotopic (exact) mass is 327 g/mol. The Labute approximate surface area is 123 Å². The Hall–Kier alpha value is -0.420. The Kier molecular flexibility index (Phi) is 5.82. The van der Waals surface area contributed by atoms with Gasteiger partial charge in [0.25, 0.3) is 0 Å². The van der Waals surface area contributed by atoms with Crippen LogP contribution in [-0.2, 0) is 9.47 Å². The van der Waals surface area contributed by atoms with Crippen LogP contribution in [0.4, 0.5) is 0 Å². The molecular formula is C15H22BrNO2. The largest absolute Gasteiger partial charge is 0.381 e. The van der Waals surface area contributed by atoms with E-state index in [1.54, 1.807) is 7.11 Å². The fraction of sp³-hybridized carbons (Fsp3) is 0.600. The average molecular weight is 328 g/mol. The van der Waals surface area contributed by atoms with Crippen molar-refractivity contribution in [3.05, 3.63) is 34.3 Å². The van der Waals surface area contributed by atoms with Crippen molar-refractivity contribution in [3.8, 4) is 0 Å². The van der Waals surface area contributed by atoms with E-state index in [0.29, 0.717) is 12.6 Å². The molecule has 1 aromatic carbocycles. The molecule has 0 saturated heterocycles. The Bertz CT molecular complexity index is 399. The Morgan fingerprint density at radius 2 is 2.05 bits per heavy atom. The number of rotatable bonds is 5. The van der Waals surface area contributed by atoms with Gasteiger partial charge in [-0.2, -0.15) is 0 Å². The fourth-order valence-electron chi connectivity index (χ4n) is 2.66. The Morgan fingerprint density at radius 3 is 2.74 bits per heavy atom. The summed E-state index contributed by atoms with van der Waals surface area (Å²) in [7, 11) is 1.78. The van der Waals surface area contributed by atoms with Crippen LogP contribution in [0.15, 0.2) is 28.7 Å². The van der Waals surface area contributed by atoms with Crippen LogP contribution in [0.1, 0.15) is 37.4 Å². The highest BCUT2D eigenvalue weighted by Crippen LogP contribution is 2.30. The summed E-state index contributed by atoms with van der Waals surface area (Å²) in [5.41, 5.74) is 7.01. The predicted molar refractivity (Wildman–Crippen MR) is 80.1 cm³/mol. The van der Waals surface area contributed by atoms with Gasteiger partial charge in [0.15, 0.2) is 0 Å². The van der Waals surface area contributed by atoms with Crippen LogP contribution in [-0.4, -0.2) is 25.9 Å². The van der Waals surface area contributed by atoms with Crippen molar-refractivity contribution < 1.29 is 9.47 Å². The Balaban J connectivity index is 2.01. The summed E-state index contributed by atoms with van der Waals surface area (Å²) >= 11 is 3.57. The van der Waals surface area contributed by atoms with Crippen LogP contribution < -0.4 is 5.73 Å². The third-order valence-electron chi connectivity index (χ3n) is 3.73. The molecule has 0 heterocycles. The molecule has 3 atom stereocenters. The van der Waals surface area contributed by atoms with Gasteiger partial charge in [0, 0.05) is 18.1 Å². The van der Waals surface area contributed by atoms with E-state index in [-0.39, 0.29) is 12.2 Å². The lowest BCUT2D eigenvalue weighted by molar-refractivity contribution is -0.0635. The number of ether oxygens (including phenoxy) is 2. The zero-order valence-corrected chi connectivity index (χ0v) is 12.9. The molecule has 0 radical (unpaired) electrons. The number of halogens is 1. The first-order valence-corrected chi connectivity index (χ1v) is 7.66. The van der Waals surface area contributed by atoms with E-state index in [1.165, 1.54) is 0 Å². The molecule has 19 heavy (non-hydrogen) atoms. The van der Waals surface area contributed by atoms with Gasteiger partial charge in [0.05, 0.1) is 18.3 Å². The highest BCUT2D eigenvalue weighted by molar-refractivity contribution is 9.10. The maximum absolute atomic E-state index is 6.20. The molecular weight excluding hydrogens is 306 g/mol. The van der Waals surface area contributed by atoms with Crippen LogP contribution >= 0.6 is 15.9 Å². The first-order chi connectivity index (χ1) is 9.24. The number of nitrogens with two attached hydrogens (primary N) is 1. The van der Waals surface area contributed by atoms with E-state index in [2.05, 4.69) is 22.0 Å². The molecule has 3 unspecified atom stereocenters. The second-order valence-electron chi connectivity index (χ2n) is 5.03. The van der Waals surface area contributed by atoms with E-state index >= 15 is 0 Å².